The molecule has 0 atom stereocenters. The van der Waals surface area contributed by atoms with Crippen LogP contribution < -0.4 is 0 Å². The van der Waals surface area contributed by atoms with Crippen LogP contribution >= 0.6 is 11.3 Å². The Morgan fingerprint density at radius 1 is 1.19 bits per heavy atom. The summed E-state index contributed by atoms with van der Waals surface area (Å²) in [7, 11) is 0. The summed E-state index contributed by atoms with van der Waals surface area (Å²) in [5.74, 6) is 0. The number of benzene rings is 1. The molecule has 1 nitrogen and oxygen atoms in total. The SMILES string of the molecule is [Y].[c-]1sccc1-c1[c-]ccc2cccnc12. The van der Waals surface area contributed by atoms with Gasteiger partial charge in [0.25, 0.3) is 0 Å². The first-order valence-electron chi connectivity index (χ1n) is 4.66. The molecule has 3 rings (SSSR count). The maximum absolute atomic E-state index is 4.39. The zero-order valence-corrected chi connectivity index (χ0v) is 12.1. The molecule has 2 heterocycles. The van der Waals surface area contributed by atoms with E-state index < -0.39 is 0 Å². The second-order valence-corrected chi connectivity index (χ2v) is 3.94. The fourth-order valence-electron chi connectivity index (χ4n) is 1.62. The van der Waals surface area contributed by atoms with Crippen LogP contribution in [-0.2, 0) is 32.7 Å². The van der Waals surface area contributed by atoms with E-state index in [1.165, 1.54) is 0 Å². The summed E-state index contributed by atoms with van der Waals surface area (Å²) in [5.41, 5.74) is 3.10. The van der Waals surface area contributed by atoms with Crippen molar-refractivity contribution in [1.82, 2.24) is 4.98 Å². The van der Waals surface area contributed by atoms with Gasteiger partial charge < -0.3 is 4.98 Å². The van der Waals surface area contributed by atoms with Crippen LogP contribution in [0.4, 0.5) is 0 Å². The average molecular weight is 298 g/mol. The standard InChI is InChI=1S/C13H7NS.Y/c1-3-10-4-2-7-14-13(10)12(5-1)11-6-8-15-9-11;/h1-4,6-8H;/q-2;. The molecule has 75 valence electrons. The van der Waals surface area contributed by atoms with Crippen molar-refractivity contribution in [2.75, 3.05) is 0 Å². The van der Waals surface area contributed by atoms with Gasteiger partial charge in [0.1, 0.15) is 0 Å². The molecule has 0 unspecified atom stereocenters. The number of hydrogen-bond acceptors (Lipinski definition) is 2. The van der Waals surface area contributed by atoms with Crippen LogP contribution in [0.25, 0.3) is 22.0 Å². The third kappa shape index (κ3) is 2.10. The van der Waals surface area contributed by atoms with Crippen LogP contribution in [0.3, 0.4) is 0 Å². The van der Waals surface area contributed by atoms with E-state index in [1.807, 2.05) is 35.8 Å². The van der Waals surface area contributed by atoms with Gasteiger partial charge in [0.05, 0.1) is 0 Å². The van der Waals surface area contributed by atoms with Crippen molar-refractivity contribution in [2.45, 2.75) is 0 Å². The molecule has 0 bridgehead atoms. The van der Waals surface area contributed by atoms with Gasteiger partial charge in [-0.05, 0) is 6.07 Å². The minimum atomic E-state index is 0. The number of thiophene rings is 1. The molecular weight excluding hydrogens is 291 g/mol. The van der Waals surface area contributed by atoms with Crippen molar-refractivity contribution < 1.29 is 32.7 Å². The molecule has 1 aromatic carbocycles. The average Bonchev–Trinajstić information content (AvgIpc) is 2.82. The zero-order valence-electron chi connectivity index (χ0n) is 8.47. The Labute approximate surface area is 123 Å². The fraction of sp³-hybridized carbons (Fsp3) is 0. The number of aromatic nitrogens is 1. The van der Waals surface area contributed by atoms with Gasteiger partial charge >= 0.3 is 0 Å². The zero-order chi connectivity index (χ0) is 10.1. The van der Waals surface area contributed by atoms with Gasteiger partial charge in [-0.25, -0.2) is 17.2 Å². The molecule has 2 aromatic heterocycles. The van der Waals surface area contributed by atoms with Gasteiger partial charge in [-0.3, -0.25) is 11.3 Å². The number of nitrogens with zero attached hydrogens (tertiary/aromatic N) is 1. The van der Waals surface area contributed by atoms with E-state index in [9.17, 15) is 0 Å². The predicted molar refractivity (Wildman–Crippen MR) is 62.7 cm³/mol. The fourth-order valence-corrected chi connectivity index (χ4v) is 2.19. The maximum Gasteiger partial charge on any atom is 0.0151 e. The van der Waals surface area contributed by atoms with E-state index in [0.717, 1.165) is 22.0 Å². The van der Waals surface area contributed by atoms with Crippen molar-refractivity contribution in [1.29, 1.82) is 0 Å². The third-order valence-electron chi connectivity index (χ3n) is 2.31. The summed E-state index contributed by atoms with van der Waals surface area (Å²) in [6.45, 7) is 0. The molecule has 1 radical (unpaired) electrons. The van der Waals surface area contributed by atoms with Crippen molar-refractivity contribution in [2.24, 2.45) is 0 Å². The smallest absolute Gasteiger partial charge is 0.0151 e. The Kier molecular flexibility index (Phi) is 3.85. The molecule has 0 fully saturated rings. The monoisotopic (exact) mass is 298 g/mol. The molecule has 3 heteroatoms. The summed E-state index contributed by atoms with van der Waals surface area (Å²) >= 11 is 1.57. The van der Waals surface area contributed by atoms with E-state index in [1.54, 1.807) is 11.3 Å². The third-order valence-corrected chi connectivity index (χ3v) is 2.92. The van der Waals surface area contributed by atoms with Crippen LogP contribution in [0.15, 0.2) is 41.9 Å². The number of fused-ring (bicyclic) bond motifs is 1. The van der Waals surface area contributed by atoms with E-state index in [-0.39, 0.29) is 32.7 Å². The van der Waals surface area contributed by atoms with Gasteiger partial charge in [-0.2, -0.15) is 12.1 Å². The molecule has 0 spiro atoms. The molecular formula is C13H7NSY-2. The minimum Gasteiger partial charge on any atom is -0.315 e. The Hall–Kier alpha value is -0.566. The van der Waals surface area contributed by atoms with Gasteiger partial charge in [0.2, 0.25) is 0 Å². The van der Waals surface area contributed by atoms with E-state index >= 15 is 0 Å². The topological polar surface area (TPSA) is 12.9 Å². The number of pyridine rings is 1. The Morgan fingerprint density at radius 3 is 2.94 bits per heavy atom. The molecule has 0 saturated heterocycles. The maximum atomic E-state index is 4.39. The second-order valence-electron chi connectivity index (χ2n) is 3.23. The molecule has 0 aliphatic rings. The van der Waals surface area contributed by atoms with Gasteiger partial charge in [0, 0.05) is 38.9 Å². The van der Waals surface area contributed by atoms with Crippen LogP contribution in [-0.4, -0.2) is 4.98 Å². The molecule has 0 saturated carbocycles. The second kappa shape index (κ2) is 5.18. The molecule has 16 heavy (non-hydrogen) atoms. The van der Waals surface area contributed by atoms with Crippen LogP contribution in [0, 0.1) is 11.4 Å². The summed E-state index contributed by atoms with van der Waals surface area (Å²) in [4.78, 5) is 4.39. The summed E-state index contributed by atoms with van der Waals surface area (Å²) in [6, 6.07) is 13.2. The molecule has 3 aromatic rings. The Bertz CT molecular complexity index is 584. The van der Waals surface area contributed by atoms with E-state index in [0.29, 0.717) is 0 Å². The molecule has 0 aliphatic heterocycles. The first-order valence-corrected chi connectivity index (χ1v) is 5.54. The van der Waals surface area contributed by atoms with Gasteiger partial charge in [0.15, 0.2) is 0 Å². The first kappa shape index (κ1) is 11.9. The largest absolute Gasteiger partial charge is 0.315 e. The summed E-state index contributed by atoms with van der Waals surface area (Å²) in [6.07, 6.45) is 1.81. The predicted octanol–water partition coefficient (Wildman–Crippen LogP) is 3.56. The van der Waals surface area contributed by atoms with Crippen LogP contribution in [0.1, 0.15) is 0 Å². The van der Waals surface area contributed by atoms with Gasteiger partial charge in [-0.15, -0.1) is 16.8 Å². The molecule has 0 aliphatic carbocycles. The minimum absolute atomic E-state index is 0. The Balaban J connectivity index is 0.000000963. The summed E-state index contributed by atoms with van der Waals surface area (Å²) < 4.78 is 0. The van der Waals surface area contributed by atoms with Crippen molar-refractivity contribution in [3.63, 3.8) is 0 Å². The quantitative estimate of drug-likeness (QED) is 0.626. The Morgan fingerprint density at radius 2 is 2.12 bits per heavy atom. The normalized spacial score (nSPS) is 10.0. The van der Waals surface area contributed by atoms with Crippen molar-refractivity contribution in [3.8, 4) is 11.1 Å². The van der Waals surface area contributed by atoms with Crippen LogP contribution in [0.2, 0.25) is 0 Å². The number of rotatable bonds is 1. The van der Waals surface area contributed by atoms with Crippen molar-refractivity contribution >= 4 is 22.2 Å². The van der Waals surface area contributed by atoms with Crippen LogP contribution in [0.5, 0.6) is 0 Å². The first-order chi connectivity index (χ1) is 7.45. The van der Waals surface area contributed by atoms with E-state index in [4.69, 9.17) is 0 Å². The van der Waals surface area contributed by atoms with Gasteiger partial charge in [-0.1, -0.05) is 17.0 Å². The van der Waals surface area contributed by atoms with E-state index in [2.05, 4.69) is 22.5 Å². The molecule has 0 amide bonds. The van der Waals surface area contributed by atoms with Crippen molar-refractivity contribution in [3.05, 3.63) is 53.4 Å². The number of hydrogen-bond donors (Lipinski definition) is 0. The molecule has 0 N–H and O–H groups in total. The summed E-state index contributed by atoms with van der Waals surface area (Å²) in [5, 5.41) is 6.38.